The average molecular weight is 317 g/mol. The van der Waals surface area contributed by atoms with Crippen LogP contribution in [0.15, 0.2) is 24.3 Å². The molecule has 6 heteroatoms. The lowest BCUT2D eigenvalue weighted by molar-refractivity contribution is -0.119. The first-order valence-electron chi connectivity index (χ1n) is 8.29. The SMILES string of the molecule is O=C(NCC1CCCO1)Nc1cccc(N2CCCCC2=O)c1. The van der Waals surface area contributed by atoms with Crippen LogP contribution in [0, 0.1) is 0 Å². The van der Waals surface area contributed by atoms with Gasteiger partial charge in [0.1, 0.15) is 0 Å². The molecule has 0 spiro atoms. The standard InChI is InChI=1S/C17H23N3O3/c21-16-8-1-2-9-20(16)14-6-3-5-13(11-14)19-17(22)18-12-15-7-4-10-23-15/h3,5-6,11,15H,1-2,4,7-10,12H2,(H2,18,19,22). The summed E-state index contributed by atoms with van der Waals surface area (Å²) in [5, 5.41) is 5.64. The maximum Gasteiger partial charge on any atom is 0.319 e. The molecule has 1 aromatic rings. The van der Waals surface area contributed by atoms with Crippen LogP contribution in [-0.2, 0) is 9.53 Å². The molecule has 0 bridgehead atoms. The number of hydrogen-bond acceptors (Lipinski definition) is 3. The van der Waals surface area contributed by atoms with Crippen LogP contribution in [0.3, 0.4) is 0 Å². The summed E-state index contributed by atoms with van der Waals surface area (Å²) in [5.41, 5.74) is 1.53. The third-order valence-electron chi connectivity index (χ3n) is 4.25. The van der Waals surface area contributed by atoms with Crippen LogP contribution < -0.4 is 15.5 Å². The molecule has 124 valence electrons. The van der Waals surface area contributed by atoms with Crippen LogP contribution in [0.5, 0.6) is 0 Å². The monoisotopic (exact) mass is 317 g/mol. The maximum atomic E-state index is 12.0. The Hall–Kier alpha value is -2.08. The molecule has 1 atom stereocenters. The van der Waals surface area contributed by atoms with Crippen molar-refractivity contribution in [2.45, 2.75) is 38.2 Å². The Morgan fingerprint density at radius 3 is 3.00 bits per heavy atom. The van der Waals surface area contributed by atoms with E-state index in [-0.39, 0.29) is 18.0 Å². The molecule has 2 aliphatic heterocycles. The van der Waals surface area contributed by atoms with Crippen molar-refractivity contribution < 1.29 is 14.3 Å². The fraction of sp³-hybridized carbons (Fsp3) is 0.529. The Bertz CT molecular complexity index is 570. The minimum Gasteiger partial charge on any atom is -0.376 e. The second kappa shape index (κ2) is 7.46. The zero-order valence-electron chi connectivity index (χ0n) is 13.2. The molecule has 3 rings (SSSR count). The van der Waals surface area contributed by atoms with Gasteiger partial charge in [-0.25, -0.2) is 4.79 Å². The van der Waals surface area contributed by atoms with E-state index < -0.39 is 0 Å². The van der Waals surface area contributed by atoms with Gasteiger partial charge >= 0.3 is 6.03 Å². The Labute approximate surface area is 136 Å². The first-order valence-corrected chi connectivity index (χ1v) is 8.29. The number of ether oxygens (including phenoxy) is 1. The molecule has 2 heterocycles. The topological polar surface area (TPSA) is 70.7 Å². The number of carbonyl (C=O) groups excluding carboxylic acids is 2. The number of rotatable bonds is 4. The second-order valence-electron chi connectivity index (χ2n) is 6.02. The lowest BCUT2D eigenvalue weighted by Gasteiger charge is -2.27. The van der Waals surface area contributed by atoms with Crippen molar-refractivity contribution in [1.29, 1.82) is 0 Å². The smallest absolute Gasteiger partial charge is 0.319 e. The highest BCUT2D eigenvalue weighted by molar-refractivity contribution is 5.95. The fourth-order valence-corrected chi connectivity index (χ4v) is 3.02. The molecule has 2 saturated heterocycles. The van der Waals surface area contributed by atoms with E-state index in [2.05, 4.69) is 10.6 Å². The lowest BCUT2D eigenvalue weighted by Crippen LogP contribution is -2.36. The number of urea groups is 1. The van der Waals surface area contributed by atoms with Crippen molar-refractivity contribution in [3.63, 3.8) is 0 Å². The lowest BCUT2D eigenvalue weighted by atomic mass is 10.1. The van der Waals surface area contributed by atoms with Gasteiger partial charge in [-0.2, -0.15) is 0 Å². The van der Waals surface area contributed by atoms with Crippen LogP contribution in [-0.4, -0.2) is 37.7 Å². The van der Waals surface area contributed by atoms with E-state index in [9.17, 15) is 9.59 Å². The molecule has 2 N–H and O–H groups in total. The summed E-state index contributed by atoms with van der Waals surface area (Å²) < 4.78 is 5.48. The molecular weight excluding hydrogens is 294 g/mol. The van der Waals surface area contributed by atoms with Crippen LogP contribution >= 0.6 is 0 Å². The summed E-state index contributed by atoms with van der Waals surface area (Å²) in [7, 11) is 0. The van der Waals surface area contributed by atoms with Crippen molar-refractivity contribution in [1.82, 2.24) is 5.32 Å². The van der Waals surface area contributed by atoms with Crippen LogP contribution in [0.1, 0.15) is 32.1 Å². The Morgan fingerprint density at radius 2 is 2.22 bits per heavy atom. The second-order valence-corrected chi connectivity index (χ2v) is 6.02. The molecule has 0 saturated carbocycles. The van der Waals surface area contributed by atoms with Gasteiger partial charge in [0.25, 0.3) is 0 Å². The van der Waals surface area contributed by atoms with Gasteiger partial charge in [-0.15, -0.1) is 0 Å². The first-order chi connectivity index (χ1) is 11.2. The predicted octanol–water partition coefficient (Wildman–Crippen LogP) is 2.50. The van der Waals surface area contributed by atoms with Gasteiger partial charge in [0.15, 0.2) is 0 Å². The highest BCUT2D eigenvalue weighted by Crippen LogP contribution is 2.23. The van der Waals surface area contributed by atoms with Crippen LogP contribution in [0.4, 0.5) is 16.2 Å². The summed E-state index contributed by atoms with van der Waals surface area (Å²) in [6.07, 6.45) is 4.74. The first kappa shape index (κ1) is 15.8. The van der Waals surface area contributed by atoms with Crippen molar-refractivity contribution in [2.24, 2.45) is 0 Å². The zero-order chi connectivity index (χ0) is 16.1. The molecule has 3 amide bonds. The largest absolute Gasteiger partial charge is 0.376 e. The number of nitrogens with zero attached hydrogens (tertiary/aromatic N) is 1. The molecule has 1 unspecified atom stereocenters. The summed E-state index contributed by atoms with van der Waals surface area (Å²) in [6, 6.07) is 7.17. The van der Waals surface area contributed by atoms with E-state index in [1.807, 2.05) is 24.3 Å². The van der Waals surface area contributed by atoms with Gasteiger partial charge in [-0.1, -0.05) is 6.07 Å². The number of anilines is 2. The molecule has 0 aromatic heterocycles. The van der Waals surface area contributed by atoms with Gasteiger partial charge in [-0.05, 0) is 43.9 Å². The predicted molar refractivity (Wildman–Crippen MR) is 88.6 cm³/mol. The third kappa shape index (κ3) is 4.22. The third-order valence-corrected chi connectivity index (χ3v) is 4.25. The molecule has 0 radical (unpaired) electrons. The van der Waals surface area contributed by atoms with Gasteiger partial charge in [0.05, 0.1) is 6.10 Å². The summed E-state index contributed by atoms with van der Waals surface area (Å²) in [5.74, 6) is 0.149. The summed E-state index contributed by atoms with van der Waals surface area (Å²) in [6.45, 7) is 2.05. The van der Waals surface area contributed by atoms with E-state index in [0.29, 0.717) is 18.7 Å². The quantitative estimate of drug-likeness (QED) is 0.896. The zero-order valence-corrected chi connectivity index (χ0v) is 13.2. The van der Waals surface area contributed by atoms with Crippen molar-refractivity contribution >= 4 is 23.3 Å². The molecule has 0 aliphatic carbocycles. The van der Waals surface area contributed by atoms with E-state index in [4.69, 9.17) is 4.74 Å². The average Bonchev–Trinajstić information content (AvgIpc) is 3.07. The summed E-state index contributed by atoms with van der Waals surface area (Å²) in [4.78, 5) is 25.7. The normalized spacial score (nSPS) is 21.3. The fourth-order valence-electron chi connectivity index (χ4n) is 3.02. The van der Waals surface area contributed by atoms with Gasteiger partial charge in [0, 0.05) is 37.5 Å². The maximum absolute atomic E-state index is 12.0. The summed E-state index contributed by atoms with van der Waals surface area (Å²) >= 11 is 0. The molecular formula is C17H23N3O3. The highest BCUT2D eigenvalue weighted by atomic mass is 16.5. The van der Waals surface area contributed by atoms with E-state index in [0.717, 1.165) is 44.5 Å². The van der Waals surface area contributed by atoms with Gasteiger partial charge < -0.3 is 20.3 Å². The molecule has 1 aromatic carbocycles. The van der Waals surface area contributed by atoms with Crippen molar-refractivity contribution in [3.8, 4) is 0 Å². The number of piperidine rings is 1. The number of amides is 3. The van der Waals surface area contributed by atoms with Gasteiger partial charge in [-0.3, -0.25) is 4.79 Å². The Balaban J connectivity index is 1.56. The molecule has 2 aliphatic rings. The van der Waals surface area contributed by atoms with Crippen LogP contribution in [0.2, 0.25) is 0 Å². The number of nitrogens with one attached hydrogen (secondary N) is 2. The van der Waals surface area contributed by atoms with Gasteiger partial charge in [0.2, 0.25) is 5.91 Å². The molecule has 6 nitrogen and oxygen atoms in total. The Morgan fingerprint density at radius 1 is 1.30 bits per heavy atom. The minimum absolute atomic E-state index is 0.123. The number of carbonyl (C=O) groups is 2. The Kier molecular flexibility index (Phi) is 5.12. The molecule has 23 heavy (non-hydrogen) atoms. The highest BCUT2D eigenvalue weighted by Gasteiger charge is 2.20. The molecule has 2 fully saturated rings. The van der Waals surface area contributed by atoms with Crippen LogP contribution in [0.25, 0.3) is 0 Å². The van der Waals surface area contributed by atoms with Crippen molar-refractivity contribution in [2.75, 3.05) is 29.9 Å². The number of hydrogen-bond donors (Lipinski definition) is 2. The number of benzene rings is 1. The van der Waals surface area contributed by atoms with E-state index >= 15 is 0 Å². The van der Waals surface area contributed by atoms with Crippen molar-refractivity contribution in [3.05, 3.63) is 24.3 Å². The van der Waals surface area contributed by atoms with E-state index in [1.165, 1.54) is 0 Å². The van der Waals surface area contributed by atoms with E-state index in [1.54, 1.807) is 4.90 Å². The minimum atomic E-state index is -0.248.